The predicted molar refractivity (Wildman–Crippen MR) is 82.6 cm³/mol. The molecule has 5 nitrogen and oxygen atoms in total. The summed E-state index contributed by atoms with van der Waals surface area (Å²) in [5, 5.41) is 0. The van der Waals surface area contributed by atoms with Crippen molar-refractivity contribution in [3.8, 4) is 0 Å². The minimum Gasteiger partial charge on any atom is -0.342 e. The number of sulfonamides is 1. The number of benzene rings is 1. The summed E-state index contributed by atoms with van der Waals surface area (Å²) in [5.74, 6) is 0.788. The fourth-order valence-corrected chi connectivity index (χ4v) is 4.30. The van der Waals surface area contributed by atoms with Gasteiger partial charge in [-0.05, 0) is 38.0 Å². The zero-order chi connectivity index (χ0) is 14.9. The largest absolute Gasteiger partial charge is 0.342 e. The van der Waals surface area contributed by atoms with Gasteiger partial charge in [-0.2, -0.15) is 0 Å². The second-order valence-corrected chi connectivity index (χ2v) is 7.52. The fraction of sp³-hybridized carbons (Fsp3) is 0.533. The lowest BCUT2D eigenvalue weighted by Crippen LogP contribution is -2.34. The number of H-pyrrole nitrogens is 1. The molecule has 0 saturated heterocycles. The Balaban J connectivity index is 1.84. The van der Waals surface area contributed by atoms with Gasteiger partial charge in [0.1, 0.15) is 5.82 Å². The van der Waals surface area contributed by atoms with Gasteiger partial charge in [-0.3, -0.25) is 0 Å². The standard InChI is InChI=1S/C15H21N3O2S/c1-11-16-14-9-8-13(10-15(14)17-11)21(19,20)18-12-6-4-2-3-5-7-12/h8-10,12,18H,2-7H2,1H3,(H,16,17). The summed E-state index contributed by atoms with van der Waals surface area (Å²) < 4.78 is 27.9. The third-order valence-corrected chi connectivity index (χ3v) is 5.58. The van der Waals surface area contributed by atoms with E-state index in [-0.39, 0.29) is 6.04 Å². The molecule has 3 rings (SSSR count). The van der Waals surface area contributed by atoms with Gasteiger partial charge >= 0.3 is 0 Å². The van der Waals surface area contributed by atoms with Crippen LogP contribution in [0, 0.1) is 6.92 Å². The van der Waals surface area contributed by atoms with E-state index in [4.69, 9.17) is 0 Å². The minimum atomic E-state index is -3.46. The van der Waals surface area contributed by atoms with Crippen LogP contribution in [0.2, 0.25) is 0 Å². The van der Waals surface area contributed by atoms with Gasteiger partial charge in [0, 0.05) is 6.04 Å². The highest BCUT2D eigenvalue weighted by atomic mass is 32.2. The number of aromatic nitrogens is 2. The van der Waals surface area contributed by atoms with Crippen LogP contribution in [0.1, 0.15) is 44.3 Å². The highest BCUT2D eigenvalue weighted by Crippen LogP contribution is 2.21. The minimum absolute atomic E-state index is 0.0664. The Bertz CT molecular complexity index is 728. The maximum Gasteiger partial charge on any atom is 0.240 e. The van der Waals surface area contributed by atoms with Crippen LogP contribution in [0.4, 0.5) is 0 Å². The van der Waals surface area contributed by atoms with E-state index < -0.39 is 10.0 Å². The third kappa shape index (κ3) is 3.27. The molecule has 0 aliphatic heterocycles. The van der Waals surface area contributed by atoms with E-state index in [1.807, 2.05) is 6.92 Å². The van der Waals surface area contributed by atoms with Crippen molar-refractivity contribution < 1.29 is 8.42 Å². The molecule has 2 aromatic rings. The zero-order valence-corrected chi connectivity index (χ0v) is 13.0. The fourth-order valence-electron chi connectivity index (χ4n) is 2.97. The van der Waals surface area contributed by atoms with E-state index in [1.54, 1.807) is 18.2 Å². The maximum atomic E-state index is 12.5. The molecule has 1 aromatic carbocycles. The summed E-state index contributed by atoms with van der Waals surface area (Å²) in [7, 11) is -3.46. The lowest BCUT2D eigenvalue weighted by Gasteiger charge is -2.16. The number of fused-ring (bicyclic) bond motifs is 1. The molecule has 21 heavy (non-hydrogen) atoms. The van der Waals surface area contributed by atoms with Gasteiger partial charge in [-0.25, -0.2) is 18.1 Å². The first-order chi connectivity index (χ1) is 10.0. The second-order valence-electron chi connectivity index (χ2n) is 5.81. The molecule has 0 unspecified atom stereocenters. The molecule has 0 bridgehead atoms. The molecule has 1 saturated carbocycles. The lowest BCUT2D eigenvalue weighted by molar-refractivity contribution is 0.510. The number of rotatable bonds is 3. The molecule has 2 N–H and O–H groups in total. The van der Waals surface area contributed by atoms with E-state index in [0.717, 1.165) is 42.5 Å². The monoisotopic (exact) mass is 307 g/mol. The summed E-state index contributed by atoms with van der Waals surface area (Å²) in [6.07, 6.45) is 6.49. The molecule has 6 heteroatoms. The molecule has 0 atom stereocenters. The molecule has 1 fully saturated rings. The molecule has 1 heterocycles. The number of nitrogens with one attached hydrogen (secondary N) is 2. The van der Waals surface area contributed by atoms with E-state index in [2.05, 4.69) is 14.7 Å². The van der Waals surface area contributed by atoms with Crippen LogP contribution in [-0.2, 0) is 10.0 Å². The Morgan fingerprint density at radius 2 is 1.90 bits per heavy atom. The highest BCUT2D eigenvalue weighted by Gasteiger charge is 2.21. The zero-order valence-electron chi connectivity index (χ0n) is 12.2. The predicted octanol–water partition coefficient (Wildman–Crippen LogP) is 2.87. The average Bonchev–Trinajstić information content (AvgIpc) is 2.63. The molecule has 1 aliphatic rings. The summed E-state index contributed by atoms with van der Waals surface area (Å²) in [6.45, 7) is 1.86. The SMILES string of the molecule is Cc1nc2ccc(S(=O)(=O)NC3CCCCCC3)cc2[nH]1. The molecule has 0 radical (unpaired) electrons. The molecule has 1 aliphatic carbocycles. The Kier molecular flexibility index (Phi) is 3.99. The first-order valence-corrected chi connectivity index (χ1v) is 9.02. The van der Waals surface area contributed by atoms with Crippen molar-refractivity contribution in [2.45, 2.75) is 56.4 Å². The van der Waals surface area contributed by atoms with Crippen LogP contribution >= 0.6 is 0 Å². The van der Waals surface area contributed by atoms with Crippen LogP contribution in [0.5, 0.6) is 0 Å². The van der Waals surface area contributed by atoms with Gasteiger partial charge in [-0.15, -0.1) is 0 Å². The summed E-state index contributed by atoms with van der Waals surface area (Å²) in [4.78, 5) is 7.68. The van der Waals surface area contributed by atoms with Crippen molar-refractivity contribution in [1.29, 1.82) is 0 Å². The number of hydrogen-bond donors (Lipinski definition) is 2. The van der Waals surface area contributed by atoms with Crippen LogP contribution in [0.3, 0.4) is 0 Å². The topological polar surface area (TPSA) is 74.8 Å². The van der Waals surface area contributed by atoms with Gasteiger partial charge < -0.3 is 4.98 Å². The van der Waals surface area contributed by atoms with E-state index in [9.17, 15) is 8.42 Å². The van der Waals surface area contributed by atoms with Crippen LogP contribution in [0.15, 0.2) is 23.1 Å². The van der Waals surface area contributed by atoms with Crippen LogP contribution in [0.25, 0.3) is 11.0 Å². The van der Waals surface area contributed by atoms with Gasteiger partial charge in [0.25, 0.3) is 0 Å². The Hall–Kier alpha value is -1.40. The van der Waals surface area contributed by atoms with Crippen LogP contribution < -0.4 is 4.72 Å². The number of aromatic amines is 1. The van der Waals surface area contributed by atoms with E-state index in [0.29, 0.717) is 4.90 Å². The first-order valence-electron chi connectivity index (χ1n) is 7.53. The molecule has 0 spiro atoms. The molecule has 114 valence electrons. The van der Waals surface area contributed by atoms with E-state index >= 15 is 0 Å². The van der Waals surface area contributed by atoms with Gasteiger partial charge in [-0.1, -0.05) is 25.7 Å². The number of imidazole rings is 1. The molecular formula is C15H21N3O2S. The normalized spacial score (nSPS) is 18.0. The summed E-state index contributed by atoms with van der Waals surface area (Å²) in [6, 6.07) is 5.10. The molecular weight excluding hydrogens is 286 g/mol. The first kappa shape index (κ1) is 14.5. The summed E-state index contributed by atoms with van der Waals surface area (Å²) in [5.41, 5.74) is 1.55. The summed E-state index contributed by atoms with van der Waals surface area (Å²) >= 11 is 0. The van der Waals surface area contributed by atoms with Crippen molar-refractivity contribution >= 4 is 21.1 Å². The number of nitrogens with zero attached hydrogens (tertiary/aromatic N) is 1. The van der Waals surface area contributed by atoms with Gasteiger partial charge in [0.05, 0.1) is 15.9 Å². The van der Waals surface area contributed by atoms with E-state index in [1.165, 1.54) is 12.8 Å². The number of aryl methyl sites for hydroxylation is 1. The van der Waals surface area contributed by atoms with Crippen molar-refractivity contribution in [3.05, 3.63) is 24.0 Å². The van der Waals surface area contributed by atoms with Gasteiger partial charge in [0.2, 0.25) is 10.0 Å². The quantitative estimate of drug-likeness (QED) is 0.856. The van der Waals surface area contributed by atoms with Crippen molar-refractivity contribution in [1.82, 2.24) is 14.7 Å². The second kappa shape index (κ2) is 5.77. The third-order valence-electron chi connectivity index (χ3n) is 4.06. The lowest BCUT2D eigenvalue weighted by atomic mass is 10.1. The number of hydrogen-bond acceptors (Lipinski definition) is 3. The van der Waals surface area contributed by atoms with Crippen molar-refractivity contribution in [3.63, 3.8) is 0 Å². The van der Waals surface area contributed by atoms with Crippen molar-refractivity contribution in [2.24, 2.45) is 0 Å². The molecule has 1 aromatic heterocycles. The van der Waals surface area contributed by atoms with Crippen LogP contribution in [-0.4, -0.2) is 24.4 Å². The van der Waals surface area contributed by atoms with Crippen molar-refractivity contribution in [2.75, 3.05) is 0 Å². The highest BCUT2D eigenvalue weighted by molar-refractivity contribution is 7.89. The maximum absolute atomic E-state index is 12.5. The van der Waals surface area contributed by atoms with Gasteiger partial charge in [0.15, 0.2) is 0 Å². The Morgan fingerprint density at radius 1 is 1.19 bits per heavy atom. The Labute approximate surface area is 125 Å². The Morgan fingerprint density at radius 3 is 2.62 bits per heavy atom. The molecule has 0 amide bonds. The smallest absolute Gasteiger partial charge is 0.240 e. The average molecular weight is 307 g/mol.